The van der Waals surface area contributed by atoms with Crippen LogP contribution in [-0.4, -0.2) is 36.7 Å². The van der Waals surface area contributed by atoms with Gasteiger partial charge in [-0.15, -0.1) is 0 Å². The van der Waals surface area contributed by atoms with Gasteiger partial charge in [-0.2, -0.15) is 5.26 Å². The Hall–Kier alpha value is -0.590. The molecule has 1 saturated heterocycles. The van der Waals surface area contributed by atoms with E-state index < -0.39 is 0 Å². The Kier molecular flexibility index (Phi) is 3.07. The third-order valence-electron chi connectivity index (χ3n) is 2.64. The molecular weight excluding hydrogens is 152 g/mol. The minimum Gasteiger partial charge on any atom is -0.379 e. The topological polar surface area (TPSA) is 36.3 Å². The second-order valence-electron chi connectivity index (χ2n) is 3.34. The number of nitrogens with zero attached hydrogens (tertiary/aromatic N) is 2. The molecule has 1 aliphatic heterocycles. The van der Waals surface area contributed by atoms with Crippen LogP contribution in [0.3, 0.4) is 0 Å². The van der Waals surface area contributed by atoms with Crippen LogP contribution in [0, 0.1) is 11.3 Å². The first kappa shape index (κ1) is 9.50. The molecule has 0 amide bonds. The number of nitriles is 1. The highest BCUT2D eigenvalue weighted by atomic mass is 16.5. The lowest BCUT2D eigenvalue weighted by Gasteiger charge is -2.37. The molecule has 0 aromatic heterocycles. The normalized spacial score (nSPS) is 24.4. The molecule has 0 spiro atoms. The Bertz CT molecular complexity index is 181. The Morgan fingerprint density at radius 2 is 2.08 bits per heavy atom. The Balaban J connectivity index is 2.59. The predicted octanol–water partition coefficient (Wildman–Crippen LogP) is 1.01. The maximum atomic E-state index is 9.01. The van der Waals surface area contributed by atoms with Crippen LogP contribution in [0.4, 0.5) is 0 Å². The van der Waals surface area contributed by atoms with Gasteiger partial charge in [0.2, 0.25) is 0 Å². The van der Waals surface area contributed by atoms with E-state index in [1.807, 2.05) is 6.92 Å². The number of ether oxygens (including phenoxy) is 1. The SMILES string of the molecule is CCC(C)(C#N)N1CCOCC1. The van der Waals surface area contributed by atoms with E-state index in [0.717, 1.165) is 32.7 Å². The van der Waals surface area contributed by atoms with Crippen LogP contribution in [0.5, 0.6) is 0 Å². The first-order valence-electron chi connectivity index (χ1n) is 4.47. The standard InChI is InChI=1S/C9H16N2O/c1-3-9(2,8-10)11-4-6-12-7-5-11/h3-7H2,1-2H3. The third-order valence-corrected chi connectivity index (χ3v) is 2.64. The summed E-state index contributed by atoms with van der Waals surface area (Å²) < 4.78 is 5.23. The quantitative estimate of drug-likeness (QED) is 0.617. The maximum Gasteiger partial charge on any atom is 0.106 e. The van der Waals surface area contributed by atoms with Crippen LogP contribution in [0.1, 0.15) is 20.3 Å². The molecule has 12 heavy (non-hydrogen) atoms. The van der Waals surface area contributed by atoms with E-state index in [9.17, 15) is 0 Å². The van der Waals surface area contributed by atoms with Gasteiger partial charge in [0.25, 0.3) is 0 Å². The molecule has 0 aliphatic carbocycles. The van der Waals surface area contributed by atoms with Gasteiger partial charge in [0.15, 0.2) is 0 Å². The molecule has 0 aromatic rings. The van der Waals surface area contributed by atoms with Crippen LogP contribution in [0.2, 0.25) is 0 Å². The highest BCUT2D eigenvalue weighted by Gasteiger charge is 2.30. The fourth-order valence-electron chi connectivity index (χ4n) is 1.43. The van der Waals surface area contributed by atoms with Gasteiger partial charge in [0.1, 0.15) is 5.54 Å². The number of morpholine rings is 1. The van der Waals surface area contributed by atoms with Gasteiger partial charge in [0, 0.05) is 13.1 Å². The summed E-state index contributed by atoms with van der Waals surface area (Å²) in [5.41, 5.74) is -0.288. The van der Waals surface area contributed by atoms with Crippen molar-refractivity contribution < 1.29 is 4.74 Å². The van der Waals surface area contributed by atoms with Gasteiger partial charge in [-0.05, 0) is 13.3 Å². The van der Waals surface area contributed by atoms with Gasteiger partial charge in [-0.3, -0.25) is 4.90 Å². The Morgan fingerprint density at radius 1 is 1.50 bits per heavy atom. The Morgan fingerprint density at radius 3 is 2.50 bits per heavy atom. The van der Waals surface area contributed by atoms with Gasteiger partial charge < -0.3 is 4.74 Å². The summed E-state index contributed by atoms with van der Waals surface area (Å²) in [4.78, 5) is 2.20. The summed E-state index contributed by atoms with van der Waals surface area (Å²) in [6.07, 6.45) is 0.878. The van der Waals surface area contributed by atoms with Gasteiger partial charge in [-0.1, -0.05) is 6.92 Å². The van der Waals surface area contributed by atoms with Crippen LogP contribution in [-0.2, 0) is 4.74 Å². The number of hydrogen-bond donors (Lipinski definition) is 0. The van der Waals surface area contributed by atoms with Crippen molar-refractivity contribution in [1.29, 1.82) is 5.26 Å². The molecule has 1 atom stereocenters. The first-order valence-corrected chi connectivity index (χ1v) is 4.47. The average Bonchev–Trinajstić information content (AvgIpc) is 2.18. The fraction of sp³-hybridized carbons (Fsp3) is 0.889. The van der Waals surface area contributed by atoms with Crippen molar-refractivity contribution in [2.45, 2.75) is 25.8 Å². The molecule has 0 bridgehead atoms. The van der Waals surface area contributed by atoms with Gasteiger partial charge in [-0.25, -0.2) is 0 Å². The largest absolute Gasteiger partial charge is 0.379 e. The van der Waals surface area contributed by atoms with Crippen LogP contribution in [0.25, 0.3) is 0 Å². The molecule has 1 fully saturated rings. The number of hydrogen-bond acceptors (Lipinski definition) is 3. The third kappa shape index (κ3) is 1.77. The van der Waals surface area contributed by atoms with E-state index >= 15 is 0 Å². The van der Waals surface area contributed by atoms with Gasteiger partial charge >= 0.3 is 0 Å². The maximum absolute atomic E-state index is 9.01. The van der Waals surface area contributed by atoms with Crippen LogP contribution in [0.15, 0.2) is 0 Å². The molecule has 0 saturated carbocycles. The van der Waals surface area contributed by atoms with E-state index in [2.05, 4.69) is 17.9 Å². The van der Waals surface area contributed by atoms with E-state index in [-0.39, 0.29) is 5.54 Å². The zero-order chi connectivity index (χ0) is 9.03. The van der Waals surface area contributed by atoms with Gasteiger partial charge in [0.05, 0.1) is 19.3 Å². The zero-order valence-corrected chi connectivity index (χ0v) is 7.84. The van der Waals surface area contributed by atoms with E-state index in [1.54, 1.807) is 0 Å². The molecule has 1 heterocycles. The molecule has 1 aliphatic rings. The summed E-state index contributed by atoms with van der Waals surface area (Å²) in [7, 11) is 0. The second kappa shape index (κ2) is 3.88. The van der Waals surface area contributed by atoms with E-state index in [4.69, 9.17) is 10.00 Å². The van der Waals surface area contributed by atoms with Crippen molar-refractivity contribution in [2.75, 3.05) is 26.3 Å². The monoisotopic (exact) mass is 168 g/mol. The number of rotatable bonds is 2. The molecule has 0 aromatic carbocycles. The summed E-state index contributed by atoms with van der Waals surface area (Å²) in [6, 6.07) is 2.37. The molecule has 1 unspecified atom stereocenters. The lowest BCUT2D eigenvalue weighted by atomic mass is 9.98. The summed E-state index contributed by atoms with van der Waals surface area (Å²) in [6.45, 7) is 7.35. The van der Waals surface area contributed by atoms with Crippen molar-refractivity contribution >= 4 is 0 Å². The average molecular weight is 168 g/mol. The lowest BCUT2D eigenvalue weighted by molar-refractivity contribution is 0.000790. The molecule has 68 valence electrons. The molecule has 3 nitrogen and oxygen atoms in total. The molecule has 1 rings (SSSR count). The van der Waals surface area contributed by atoms with E-state index in [0.29, 0.717) is 0 Å². The lowest BCUT2D eigenvalue weighted by Crippen LogP contribution is -2.50. The highest BCUT2D eigenvalue weighted by molar-refractivity contribution is 5.04. The van der Waals surface area contributed by atoms with Crippen molar-refractivity contribution in [2.24, 2.45) is 0 Å². The Labute approximate surface area is 73.9 Å². The molecule has 0 radical (unpaired) electrons. The predicted molar refractivity (Wildman–Crippen MR) is 46.7 cm³/mol. The highest BCUT2D eigenvalue weighted by Crippen LogP contribution is 2.19. The summed E-state index contributed by atoms with van der Waals surface area (Å²) in [5, 5.41) is 9.01. The van der Waals surface area contributed by atoms with E-state index in [1.165, 1.54) is 0 Å². The van der Waals surface area contributed by atoms with Crippen molar-refractivity contribution in [3.63, 3.8) is 0 Å². The minimum atomic E-state index is -0.288. The summed E-state index contributed by atoms with van der Waals surface area (Å²) in [5.74, 6) is 0. The minimum absolute atomic E-state index is 0.288. The first-order chi connectivity index (χ1) is 5.73. The fourth-order valence-corrected chi connectivity index (χ4v) is 1.43. The molecule has 3 heteroatoms. The second-order valence-corrected chi connectivity index (χ2v) is 3.34. The zero-order valence-electron chi connectivity index (χ0n) is 7.84. The summed E-state index contributed by atoms with van der Waals surface area (Å²) >= 11 is 0. The smallest absolute Gasteiger partial charge is 0.106 e. The van der Waals surface area contributed by atoms with Crippen LogP contribution >= 0.6 is 0 Å². The van der Waals surface area contributed by atoms with Crippen molar-refractivity contribution in [3.8, 4) is 6.07 Å². The molecule has 0 N–H and O–H groups in total. The van der Waals surface area contributed by atoms with Crippen LogP contribution < -0.4 is 0 Å². The van der Waals surface area contributed by atoms with Crippen molar-refractivity contribution in [3.05, 3.63) is 0 Å². The molecular formula is C9H16N2O. The van der Waals surface area contributed by atoms with Crippen molar-refractivity contribution in [1.82, 2.24) is 4.90 Å².